The van der Waals surface area contributed by atoms with Gasteiger partial charge in [-0.3, -0.25) is 19.4 Å². The number of piperazine rings is 2. The molecule has 2 saturated heterocycles. The van der Waals surface area contributed by atoms with Crippen molar-refractivity contribution in [2.75, 3.05) is 79.7 Å². The first-order valence-electron chi connectivity index (χ1n) is 13.8. The molecule has 1 N–H and O–H groups in total. The summed E-state index contributed by atoms with van der Waals surface area (Å²) in [5.41, 5.74) is 3.10. The molecule has 2 aliphatic heterocycles. The van der Waals surface area contributed by atoms with E-state index >= 15 is 0 Å². The van der Waals surface area contributed by atoms with Crippen molar-refractivity contribution < 1.29 is 19.1 Å². The van der Waals surface area contributed by atoms with Crippen molar-refractivity contribution in [3.63, 3.8) is 0 Å². The molecule has 9 heteroatoms. The standard InChI is InChI=1S/C30H39N5O4/c1-38-25-7-3-5-23(19-25)30(37)35-17-13-33(14-18-35)22-29(36)34-15-11-32(12-16-34)10-4-6-24-21-31-28-9-8-26(39-2)20-27(24)28/h3,5,7-9,19-21,31H,4,6,10-18,22H2,1-2H3. The molecule has 0 radical (unpaired) electrons. The monoisotopic (exact) mass is 533 g/mol. The number of hydrogen-bond acceptors (Lipinski definition) is 6. The summed E-state index contributed by atoms with van der Waals surface area (Å²) in [6.07, 6.45) is 4.20. The molecule has 5 rings (SSSR count). The lowest BCUT2D eigenvalue weighted by molar-refractivity contribution is -0.134. The average Bonchev–Trinajstić information content (AvgIpc) is 3.39. The molecule has 208 valence electrons. The van der Waals surface area contributed by atoms with E-state index in [1.807, 2.05) is 34.1 Å². The minimum atomic E-state index is 0.0143. The molecular formula is C30H39N5O4. The van der Waals surface area contributed by atoms with E-state index in [1.54, 1.807) is 20.3 Å². The number of amides is 2. The number of H-pyrrole nitrogens is 1. The zero-order valence-corrected chi connectivity index (χ0v) is 23.0. The average molecular weight is 534 g/mol. The van der Waals surface area contributed by atoms with Gasteiger partial charge < -0.3 is 24.3 Å². The number of rotatable bonds is 9. The van der Waals surface area contributed by atoms with Crippen LogP contribution in [-0.2, 0) is 11.2 Å². The third kappa shape index (κ3) is 6.54. The van der Waals surface area contributed by atoms with Crippen LogP contribution >= 0.6 is 0 Å². The summed E-state index contributed by atoms with van der Waals surface area (Å²) in [7, 11) is 3.30. The topological polar surface area (TPSA) is 81.4 Å². The first-order chi connectivity index (χ1) is 19.0. The summed E-state index contributed by atoms with van der Waals surface area (Å²) < 4.78 is 10.6. The van der Waals surface area contributed by atoms with Crippen molar-refractivity contribution in [2.45, 2.75) is 12.8 Å². The van der Waals surface area contributed by atoms with Crippen LogP contribution in [0.3, 0.4) is 0 Å². The van der Waals surface area contributed by atoms with Gasteiger partial charge in [-0.2, -0.15) is 0 Å². The van der Waals surface area contributed by atoms with Crippen LogP contribution in [0.15, 0.2) is 48.7 Å². The first-order valence-corrected chi connectivity index (χ1v) is 13.8. The summed E-state index contributed by atoms with van der Waals surface area (Å²) in [5, 5.41) is 1.23. The molecule has 0 bridgehead atoms. The number of carbonyl (C=O) groups excluding carboxylic acids is 2. The molecule has 2 aromatic carbocycles. The number of methoxy groups -OCH3 is 2. The van der Waals surface area contributed by atoms with Gasteiger partial charge in [0.15, 0.2) is 0 Å². The molecule has 0 aliphatic carbocycles. The van der Waals surface area contributed by atoms with Crippen LogP contribution in [0, 0.1) is 0 Å². The van der Waals surface area contributed by atoms with Gasteiger partial charge in [0.1, 0.15) is 11.5 Å². The number of aromatic nitrogens is 1. The van der Waals surface area contributed by atoms with Crippen molar-refractivity contribution in [1.29, 1.82) is 0 Å². The minimum Gasteiger partial charge on any atom is -0.497 e. The van der Waals surface area contributed by atoms with Crippen LogP contribution in [0.2, 0.25) is 0 Å². The smallest absolute Gasteiger partial charge is 0.254 e. The van der Waals surface area contributed by atoms with Gasteiger partial charge in [-0.15, -0.1) is 0 Å². The van der Waals surface area contributed by atoms with Crippen molar-refractivity contribution in [3.05, 3.63) is 59.8 Å². The highest BCUT2D eigenvalue weighted by molar-refractivity contribution is 5.94. The number of carbonyl (C=O) groups is 2. The zero-order chi connectivity index (χ0) is 27.2. The van der Waals surface area contributed by atoms with Crippen LogP contribution in [0.25, 0.3) is 10.9 Å². The van der Waals surface area contributed by atoms with E-state index in [-0.39, 0.29) is 11.8 Å². The zero-order valence-electron chi connectivity index (χ0n) is 23.0. The lowest BCUT2D eigenvalue weighted by Crippen LogP contribution is -2.54. The van der Waals surface area contributed by atoms with Crippen LogP contribution in [-0.4, -0.2) is 116 Å². The Hall–Kier alpha value is -3.56. The largest absolute Gasteiger partial charge is 0.497 e. The van der Waals surface area contributed by atoms with Gasteiger partial charge in [0.2, 0.25) is 5.91 Å². The fraction of sp³-hybridized carbons (Fsp3) is 0.467. The fourth-order valence-corrected chi connectivity index (χ4v) is 5.54. The van der Waals surface area contributed by atoms with E-state index in [4.69, 9.17) is 9.47 Å². The predicted molar refractivity (Wildman–Crippen MR) is 152 cm³/mol. The molecule has 0 spiro atoms. The molecule has 2 amide bonds. The highest BCUT2D eigenvalue weighted by atomic mass is 16.5. The Kier molecular flexibility index (Phi) is 8.68. The summed E-state index contributed by atoms with van der Waals surface area (Å²) in [6, 6.07) is 13.4. The van der Waals surface area contributed by atoms with Gasteiger partial charge in [-0.1, -0.05) is 6.07 Å². The molecule has 9 nitrogen and oxygen atoms in total. The van der Waals surface area contributed by atoms with Crippen LogP contribution < -0.4 is 9.47 Å². The van der Waals surface area contributed by atoms with Crippen molar-refractivity contribution in [3.8, 4) is 11.5 Å². The van der Waals surface area contributed by atoms with Crippen LogP contribution in [0.5, 0.6) is 11.5 Å². The maximum Gasteiger partial charge on any atom is 0.254 e. The van der Waals surface area contributed by atoms with Crippen molar-refractivity contribution >= 4 is 22.7 Å². The second kappa shape index (κ2) is 12.5. The number of fused-ring (bicyclic) bond motifs is 1. The lowest BCUT2D eigenvalue weighted by Gasteiger charge is -2.38. The van der Waals surface area contributed by atoms with E-state index in [0.717, 1.165) is 56.8 Å². The fourth-order valence-electron chi connectivity index (χ4n) is 5.54. The highest BCUT2D eigenvalue weighted by Crippen LogP contribution is 2.24. The van der Waals surface area contributed by atoms with Gasteiger partial charge in [-0.25, -0.2) is 0 Å². The molecule has 39 heavy (non-hydrogen) atoms. The molecule has 0 unspecified atom stereocenters. The van der Waals surface area contributed by atoms with E-state index in [9.17, 15) is 9.59 Å². The number of nitrogens with zero attached hydrogens (tertiary/aromatic N) is 4. The lowest BCUT2D eigenvalue weighted by atomic mass is 10.1. The van der Waals surface area contributed by atoms with E-state index in [2.05, 4.69) is 33.1 Å². The Morgan fingerprint density at radius 3 is 2.26 bits per heavy atom. The molecule has 3 aromatic rings. The van der Waals surface area contributed by atoms with Crippen LogP contribution in [0.4, 0.5) is 0 Å². The number of aromatic amines is 1. The Bertz CT molecular complexity index is 1280. The van der Waals surface area contributed by atoms with Gasteiger partial charge >= 0.3 is 0 Å². The summed E-state index contributed by atoms with van der Waals surface area (Å²) in [5.74, 6) is 1.77. The second-order valence-corrected chi connectivity index (χ2v) is 10.4. The molecule has 1 aromatic heterocycles. The Balaban J connectivity index is 1.01. The molecule has 0 saturated carbocycles. The Morgan fingerprint density at radius 2 is 1.51 bits per heavy atom. The summed E-state index contributed by atoms with van der Waals surface area (Å²) in [4.78, 5) is 37.7. The van der Waals surface area contributed by atoms with Gasteiger partial charge in [0.05, 0.1) is 20.8 Å². The minimum absolute atomic E-state index is 0.0143. The number of benzene rings is 2. The van der Waals surface area contributed by atoms with Crippen LogP contribution in [0.1, 0.15) is 22.3 Å². The SMILES string of the molecule is COc1cccc(C(=O)N2CCN(CC(=O)N3CCN(CCCc4c[nH]c5ccc(OC)cc45)CC3)CC2)c1. The first kappa shape index (κ1) is 27.0. The maximum atomic E-state index is 13.0. The van der Waals surface area contributed by atoms with Gasteiger partial charge in [0.25, 0.3) is 5.91 Å². The molecule has 2 fully saturated rings. The normalized spacial score (nSPS) is 17.0. The third-order valence-corrected chi connectivity index (χ3v) is 7.96. The predicted octanol–water partition coefficient (Wildman–Crippen LogP) is 2.72. The molecule has 3 heterocycles. The van der Waals surface area contributed by atoms with E-state index in [1.165, 1.54) is 10.9 Å². The van der Waals surface area contributed by atoms with Crippen molar-refractivity contribution in [1.82, 2.24) is 24.6 Å². The Morgan fingerprint density at radius 1 is 0.821 bits per heavy atom. The quantitative estimate of drug-likeness (QED) is 0.456. The highest BCUT2D eigenvalue weighted by Gasteiger charge is 2.26. The Labute approximate surface area is 230 Å². The second-order valence-electron chi connectivity index (χ2n) is 10.4. The molecular weight excluding hydrogens is 494 g/mol. The molecule has 2 aliphatic rings. The number of nitrogens with one attached hydrogen (secondary N) is 1. The van der Waals surface area contributed by atoms with Gasteiger partial charge in [-0.05, 0) is 61.3 Å². The third-order valence-electron chi connectivity index (χ3n) is 7.96. The van der Waals surface area contributed by atoms with E-state index < -0.39 is 0 Å². The summed E-state index contributed by atoms with van der Waals surface area (Å²) >= 11 is 0. The number of hydrogen-bond donors (Lipinski definition) is 1. The molecule has 0 atom stereocenters. The number of aryl methyl sites for hydroxylation is 1. The van der Waals surface area contributed by atoms with E-state index in [0.29, 0.717) is 44.0 Å². The maximum absolute atomic E-state index is 13.0. The van der Waals surface area contributed by atoms with Crippen molar-refractivity contribution in [2.24, 2.45) is 0 Å². The van der Waals surface area contributed by atoms with Gasteiger partial charge in [0, 0.05) is 75.0 Å². The summed E-state index contributed by atoms with van der Waals surface area (Å²) in [6.45, 7) is 7.50. The number of ether oxygens (including phenoxy) is 2.